The van der Waals surface area contributed by atoms with E-state index in [4.69, 9.17) is 5.11 Å². The lowest BCUT2D eigenvalue weighted by molar-refractivity contribution is 0.117. The summed E-state index contributed by atoms with van der Waals surface area (Å²) in [5.74, 6) is 0.112. The molecule has 0 atom stereocenters. The molecule has 1 aliphatic rings. The van der Waals surface area contributed by atoms with Gasteiger partial charge in [-0.1, -0.05) is 0 Å². The molecular weight excluding hydrogens is 234 g/mol. The lowest BCUT2D eigenvalue weighted by Crippen LogP contribution is -2.50. The van der Waals surface area contributed by atoms with Crippen LogP contribution in [0, 0.1) is 12.8 Å². The summed E-state index contributed by atoms with van der Waals surface area (Å²) in [7, 11) is -3.28. The van der Waals surface area contributed by atoms with E-state index in [9.17, 15) is 8.42 Å². The van der Waals surface area contributed by atoms with Crippen LogP contribution in [-0.2, 0) is 10.0 Å². The van der Waals surface area contributed by atoms with Crippen molar-refractivity contribution in [1.29, 1.82) is 0 Å². The molecule has 0 unspecified atom stereocenters. The summed E-state index contributed by atoms with van der Waals surface area (Å²) in [5, 5.41) is 8.83. The van der Waals surface area contributed by atoms with Gasteiger partial charge in [-0.25, -0.2) is 8.42 Å². The number of aliphatic hydroxyl groups is 1. The van der Waals surface area contributed by atoms with Crippen LogP contribution in [0.3, 0.4) is 0 Å². The van der Waals surface area contributed by atoms with Gasteiger partial charge in [0.15, 0.2) is 0 Å². The third-order valence-corrected chi connectivity index (χ3v) is 5.79. The van der Waals surface area contributed by atoms with Crippen molar-refractivity contribution in [1.82, 2.24) is 4.31 Å². The summed E-state index contributed by atoms with van der Waals surface area (Å²) in [6, 6.07) is 3.45. The van der Waals surface area contributed by atoms with Gasteiger partial charge in [0, 0.05) is 30.5 Å². The lowest BCUT2D eigenvalue weighted by atomic mass is 10.1. The zero-order chi connectivity index (χ0) is 11.1. The zero-order valence-electron chi connectivity index (χ0n) is 8.38. The van der Waals surface area contributed by atoms with Gasteiger partial charge in [0.2, 0.25) is 0 Å². The van der Waals surface area contributed by atoms with Crippen LogP contribution in [0.25, 0.3) is 0 Å². The average molecular weight is 247 g/mol. The number of rotatable bonds is 3. The maximum atomic E-state index is 11.9. The van der Waals surface area contributed by atoms with Gasteiger partial charge in [0.25, 0.3) is 10.0 Å². The maximum Gasteiger partial charge on any atom is 0.252 e. The predicted octanol–water partition coefficient (Wildman–Crippen LogP) is 0.669. The topological polar surface area (TPSA) is 57.6 Å². The molecule has 0 aromatic carbocycles. The van der Waals surface area contributed by atoms with Crippen molar-refractivity contribution in [2.45, 2.75) is 11.1 Å². The molecule has 1 fully saturated rings. The molecule has 0 bridgehead atoms. The second-order valence-electron chi connectivity index (χ2n) is 3.74. The highest BCUT2D eigenvalue weighted by Gasteiger charge is 2.36. The van der Waals surface area contributed by atoms with Crippen molar-refractivity contribution in [2.24, 2.45) is 5.92 Å². The van der Waals surface area contributed by atoms with Gasteiger partial charge in [0.05, 0.1) is 0 Å². The summed E-state index contributed by atoms with van der Waals surface area (Å²) in [5.41, 5.74) is 0. The molecule has 4 nitrogen and oxygen atoms in total. The van der Waals surface area contributed by atoms with Gasteiger partial charge in [-0.05, 0) is 19.1 Å². The van der Waals surface area contributed by atoms with E-state index in [1.807, 2.05) is 6.92 Å². The summed E-state index contributed by atoms with van der Waals surface area (Å²) in [4.78, 5) is 0.993. The van der Waals surface area contributed by atoms with Crippen LogP contribution in [-0.4, -0.2) is 37.5 Å². The van der Waals surface area contributed by atoms with Crippen LogP contribution in [0.15, 0.2) is 16.3 Å². The smallest absolute Gasteiger partial charge is 0.252 e. The highest BCUT2D eigenvalue weighted by Crippen LogP contribution is 2.29. The van der Waals surface area contributed by atoms with Crippen molar-refractivity contribution in [2.75, 3.05) is 19.7 Å². The number of thiophene rings is 1. The molecule has 1 N–H and O–H groups in total. The summed E-state index contributed by atoms with van der Waals surface area (Å²) >= 11 is 1.29. The van der Waals surface area contributed by atoms with Crippen molar-refractivity contribution in [3.63, 3.8) is 0 Å². The molecule has 1 saturated heterocycles. The Morgan fingerprint density at radius 2 is 2.20 bits per heavy atom. The highest BCUT2D eigenvalue weighted by molar-refractivity contribution is 7.91. The normalized spacial score (nSPS) is 19.1. The van der Waals surface area contributed by atoms with Gasteiger partial charge in [-0.2, -0.15) is 4.31 Å². The van der Waals surface area contributed by atoms with Crippen LogP contribution in [0.1, 0.15) is 4.88 Å². The van der Waals surface area contributed by atoms with Gasteiger partial charge < -0.3 is 5.11 Å². The molecule has 84 valence electrons. The minimum absolute atomic E-state index is 0.0650. The number of aryl methyl sites for hydroxylation is 1. The minimum Gasteiger partial charge on any atom is -0.396 e. The van der Waals surface area contributed by atoms with Gasteiger partial charge in [-0.15, -0.1) is 11.3 Å². The number of nitrogens with zero attached hydrogens (tertiary/aromatic N) is 1. The molecule has 0 radical (unpaired) electrons. The SMILES string of the molecule is Cc1ccc(S(=O)(=O)N2CC(CO)C2)s1. The van der Waals surface area contributed by atoms with Gasteiger partial charge in [-0.3, -0.25) is 0 Å². The Morgan fingerprint density at radius 1 is 1.53 bits per heavy atom. The number of hydrogen-bond donors (Lipinski definition) is 1. The van der Waals surface area contributed by atoms with E-state index < -0.39 is 10.0 Å². The van der Waals surface area contributed by atoms with Crippen molar-refractivity contribution in [3.05, 3.63) is 17.0 Å². The maximum absolute atomic E-state index is 11.9. The first-order valence-corrected chi connectivity index (χ1v) is 6.97. The van der Waals surface area contributed by atoms with E-state index in [0.29, 0.717) is 17.3 Å². The molecule has 0 saturated carbocycles. The second-order valence-corrected chi connectivity index (χ2v) is 7.19. The van der Waals surface area contributed by atoms with Crippen molar-refractivity contribution < 1.29 is 13.5 Å². The fraction of sp³-hybridized carbons (Fsp3) is 0.556. The minimum atomic E-state index is -3.28. The molecule has 1 aromatic heterocycles. The number of sulfonamides is 1. The Balaban J connectivity index is 2.15. The van der Waals surface area contributed by atoms with E-state index >= 15 is 0 Å². The third-order valence-electron chi connectivity index (χ3n) is 2.49. The molecule has 15 heavy (non-hydrogen) atoms. The molecule has 0 spiro atoms. The van der Waals surface area contributed by atoms with E-state index in [1.54, 1.807) is 12.1 Å². The second kappa shape index (κ2) is 3.86. The average Bonchev–Trinajstić information content (AvgIpc) is 2.50. The predicted molar refractivity (Wildman–Crippen MR) is 58.4 cm³/mol. The van der Waals surface area contributed by atoms with Crippen LogP contribution in [0.2, 0.25) is 0 Å². The Bertz CT molecular complexity index is 446. The summed E-state index contributed by atoms with van der Waals surface area (Å²) in [6.45, 7) is 2.83. The summed E-state index contributed by atoms with van der Waals surface area (Å²) in [6.07, 6.45) is 0. The Labute approximate surface area is 93.2 Å². The quantitative estimate of drug-likeness (QED) is 0.854. The van der Waals surface area contributed by atoms with Crippen LogP contribution in [0.5, 0.6) is 0 Å². The zero-order valence-corrected chi connectivity index (χ0v) is 10.0. The molecular formula is C9H13NO3S2. The first-order valence-electron chi connectivity index (χ1n) is 4.71. The third kappa shape index (κ3) is 1.94. The van der Waals surface area contributed by atoms with E-state index in [1.165, 1.54) is 15.6 Å². The van der Waals surface area contributed by atoms with Gasteiger partial charge in [0.1, 0.15) is 4.21 Å². The van der Waals surface area contributed by atoms with E-state index in [-0.39, 0.29) is 12.5 Å². The molecule has 1 aliphatic heterocycles. The number of hydrogen-bond acceptors (Lipinski definition) is 4. The molecule has 6 heteroatoms. The number of aliphatic hydroxyl groups excluding tert-OH is 1. The first kappa shape index (κ1) is 11.1. The summed E-state index contributed by atoms with van der Waals surface area (Å²) < 4.78 is 25.7. The molecule has 1 aromatic rings. The molecule has 0 amide bonds. The van der Waals surface area contributed by atoms with E-state index in [0.717, 1.165) is 4.88 Å². The molecule has 2 heterocycles. The lowest BCUT2D eigenvalue weighted by Gasteiger charge is -2.36. The molecule has 2 rings (SSSR count). The fourth-order valence-electron chi connectivity index (χ4n) is 1.51. The first-order chi connectivity index (χ1) is 7.04. The standard InChI is InChI=1S/C9H13NO3S2/c1-7-2-3-9(14-7)15(12,13)10-4-8(5-10)6-11/h2-3,8,11H,4-6H2,1H3. The van der Waals surface area contributed by atoms with Crippen LogP contribution < -0.4 is 0 Å². The fourth-order valence-corrected chi connectivity index (χ4v) is 4.54. The van der Waals surface area contributed by atoms with Crippen LogP contribution >= 0.6 is 11.3 Å². The van der Waals surface area contributed by atoms with Crippen molar-refractivity contribution >= 4 is 21.4 Å². The largest absolute Gasteiger partial charge is 0.396 e. The molecule has 0 aliphatic carbocycles. The Hall–Kier alpha value is -0.430. The van der Waals surface area contributed by atoms with Gasteiger partial charge >= 0.3 is 0 Å². The van der Waals surface area contributed by atoms with E-state index in [2.05, 4.69) is 0 Å². The Morgan fingerprint density at radius 3 is 2.67 bits per heavy atom. The van der Waals surface area contributed by atoms with Crippen LogP contribution in [0.4, 0.5) is 0 Å². The Kier molecular flexibility index (Phi) is 2.85. The highest BCUT2D eigenvalue weighted by atomic mass is 32.2. The van der Waals surface area contributed by atoms with Crippen molar-refractivity contribution in [3.8, 4) is 0 Å². The monoisotopic (exact) mass is 247 g/mol.